The van der Waals surface area contributed by atoms with E-state index in [1.54, 1.807) is 0 Å². The van der Waals surface area contributed by atoms with Gasteiger partial charge in [0.2, 0.25) is 5.91 Å². The molecule has 17 heavy (non-hydrogen) atoms. The van der Waals surface area contributed by atoms with Crippen LogP contribution >= 0.6 is 11.8 Å². The summed E-state index contributed by atoms with van der Waals surface area (Å²) in [6.45, 7) is 0.684. The smallest absolute Gasteiger partial charge is 0.332 e. The second kappa shape index (κ2) is 5.73. The average molecular weight is 259 g/mol. The number of carbonyl (C=O) groups is 2. The van der Waals surface area contributed by atoms with Crippen LogP contribution in [0.4, 0.5) is 0 Å². The molecular formula is C11H17NO4S. The van der Waals surface area contributed by atoms with Crippen LogP contribution < -0.4 is 5.32 Å². The molecule has 2 fully saturated rings. The fraction of sp³-hybridized carbons (Fsp3) is 0.818. The minimum Gasteiger partial charge on any atom is -0.479 e. The first-order chi connectivity index (χ1) is 8.16. The summed E-state index contributed by atoms with van der Waals surface area (Å²) in [7, 11) is 0. The van der Waals surface area contributed by atoms with Crippen LogP contribution in [0.3, 0.4) is 0 Å². The quantitative estimate of drug-likeness (QED) is 0.768. The summed E-state index contributed by atoms with van der Waals surface area (Å²) in [5.41, 5.74) is 0. The summed E-state index contributed by atoms with van der Waals surface area (Å²) in [6, 6.07) is 0. The van der Waals surface area contributed by atoms with Crippen LogP contribution in [0, 0.1) is 5.92 Å². The minimum absolute atomic E-state index is 0.161. The average Bonchev–Trinajstić information content (AvgIpc) is 2.96. The fourth-order valence-electron chi connectivity index (χ4n) is 2.11. The highest BCUT2D eigenvalue weighted by molar-refractivity contribution is 7.99. The van der Waals surface area contributed by atoms with Crippen molar-refractivity contribution in [3.05, 3.63) is 0 Å². The van der Waals surface area contributed by atoms with Crippen LogP contribution in [0.1, 0.15) is 19.3 Å². The van der Waals surface area contributed by atoms with Crippen LogP contribution in [0.2, 0.25) is 0 Å². The van der Waals surface area contributed by atoms with Gasteiger partial charge in [-0.05, 0) is 36.7 Å². The maximum atomic E-state index is 11.7. The lowest BCUT2D eigenvalue weighted by Crippen LogP contribution is -2.38. The molecule has 3 atom stereocenters. The molecule has 1 unspecified atom stereocenters. The van der Waals surface area contributed by atoms with Gasteiger partial charge in [0.05, 0.1) is 0 Å². The number of thioether (sulfide) groups is 1. The minimum atomic E-state index is -0.979. The van der Waals surface area contributed by atoms with Gasteiger partial charge in [-0.3, -0.25) is 4.79 Å². The normalized spacial score (nSPS) is 32.6. The third kappa shape index (κ3) is 3.35. The van der Waals surface area contributed by atoms with Crippen molar-refractivity contribution < 1.29 is 19.4 Å². The first-order valence-electron chi connectivity index (χ1n) is 5.90. The van der Waals surface area contributed by atoms with E-state index in [9.17, 15) is 9.59 Å². The van der Waals surface area contributed by atoms with E-state index in [0.29, 0.717) is 25.3 Å². The zero-order valence-electron chi connectivity index (χ0n) is 9.55. The topological polar surface area (TPSA) is 75.6 Å². The third-order valence-corrected chi connectivity index (χ3v) is 4.41. The summed E-state index contributed by atoms with van der Waals surface area (Å²) in [5, 5.41) is 11.6. The van der Waals surface area contributed by atoms with E-state index >= 15 is 0 Å². The molecular weight excluding hydrogens is 242 g/mol. The lowest BCUT2D eigenvalue weighted by molar-refractivity contribution is -0.151. The van der Waals surface area contributed by atoms with Crippen LogP contribution in [0.5, 0.6) is 0 Å². The maximum Gasteiger partial charge on any atom is 0.332 e. The largest absolute Gasteiger partial charge is 0.479 e. The predicted octanol–water partition coefficient (Wildman–Crippen LogP) is 0.488. The van der Waals surface area contributed by atoms with Gasteiger partial charge in [0, 0.05) is 6.54 Å². The summed E-state index contributed by atoms with van der Waals surface area (Å²) >= 11 is 1.91. The molecule has 0 aliphatic carbocycles. The van der Waals surface area contributed by atoms with Crippen molar-refractivity contribution in [3.63, 3.8) is 0 Å². The standard InChI is InChI=1S/C11H17NO4S/c13-10(12-5-7-3-4-17-6-7)8-1-2-9(16-8)11(14)15/h7-9H,1-6H2,(H,12,13)(H,14,15)/t7?,8-,9+/m0/s1. The van der Waals surface area contributed by atoms with E-state index in [0.717, 1.165) is 12.2 Å². The number of carbonyl (C=O) groups excluding carboxylic acids is 1. The zero-order valence-corrected chi connectivity index (χ0v) is 10.4. The van der Waals surface area contributed by atoms with Crippen LogP contribution in [-0.2, 0) is 14.3 Å². The molecule has 0 aromatic heterocycles. The molecule has 2 aliphatic heterocycles. The molecule has 96 valence electrons. The van der Waals surface area contributed by atoms with Crippen LogP contribution in [0.15, 0.2) is 0 Å². The highest BCUT2D eigenvalue weighted by atomic mass is 32.2. The van der Waals surface area contributed by atoms with Gasteiger partial charge in [0.1, 0.15) is 6.10 Å². The highest BCUT2D eigenvalue weighted by Gasteiger charge is 2.34. The van der Waals surface area contributed by atoms with E-state index in [4.69, 9.17) is 9.84 Å². The Morgan fingerprint density at radius 1 is 1.29 bits per heavy atom. The summed E-state index contributed by atoms with van der Waals surface area (Å²) in [4.78, 5) is 22.4. The molecule has 0 spiro atoms. The molecule has 0 radical (unpaired) electrons. The van der Waals surface area contributed by atoms with Gasteiger partial charge in [-0.25, -0.2) is 4.79 Å². The molecule has 5 nitrogen and oxygen atoms in total. The van der Waals surface area contributed by atoms with E-state index in [1.165, 1.54) is 5.75 Å². The Bertz CT molecular complexity index is 304. The summed E-state index contributed by atoms with van der Waals surface area (Å²) in [6.07, 6.45) is 0.682. The Balaban J connectivity index is 1.71. The summed E-state index contributed by atoms with van der Waals surface area (Å²) in [5.74, 6) is 1.68. The zero-order chi connectivity index (χ0) is 12.3. The van der Waals surface area contributed by atoms with Gasteiger partial charge in [-0.2, -0.15) is 11.8 Å². The van der Waals surface area contributed by atoms with Crippen molar-refractivity contribution in [2.75, 3.05) is 18.1 Å². The maximum absolute atomic E-state index is 11.7. The van der Waals surface area contributed by atoms with Gasteiger partial charge in [0.15, 0.2) is 6.10 Å². The molecule has 2 aliphatic rings. The summed E-state index contributed by atoms with van der Waals surface area (Å²) < 4.78 is 5.18. The van der Waals surface area contributed by atoms with Gasteiger partial charge >= 0.3 is 5.97 Å². The molecule has 0 saturated carbocycles. The number of carboxylic acid groups (broad SMARTS) is 1. The lowest BCUT2D eigenvalue weighted by Gasteiger charge is -2.14. The molecule has 2 N–H and O–H groups in total. The second-order valence-corrected chi connectivity index (χ2v) is 5.65. The van der Waals surface area contributed by atoms with E-state index in [2.05, 4.69) is 5.32 Å². The van der Waals surface area contributed by atoms with Crippen molar-refractivity contribution in [3.8, 4) is 0 Å². The Hall–Kier alpha value is -0.750. The monoisotopic (exact) mass is 259 g/mol. The van der Waals surface area contributed by atoms with Crippen LogP contribution in [-0.4, -0.2) is 47.2 Å². The van der Waals surface area contributed by atoms with Gasteiger partial charge in [0.25, 0.3) is 0 Å². The molecule has 1 amide bonds. The van der Waals surface area contributed by atoms with E-state index < -0.39 is 18.2 Å². The number of amides is 1. The molecule has 2 rings (SSSR count). The Labute approximate surface area is 104 Å². The number of hydrogen-bond acceptors (Lipinski definition) is 4. The SMILES string of the molecule is O=C(NCC1CCSC1)[C@@H]1CC[C@H](C(=O)O)O1. The molecule has 2 saturated heterocycles. The Morgan fingerprint density at radius 3 is 2.65 bits per heavy atom. The Kier molecular flexibility index (Phi) is 4.28. The van der Waals surface area contributed by atoms with Gasteiger partial charge in [-0.15, -0.1) is 0 Å². The van der Waals surface area contributed by atoms with Crippen molar-refractivity contribution in [1.29, 1.82) is 0 Å². The van der Waals surface area contributed by atoms with Crippen molar-refractivity contribution in [1.82, 2.24) is 5.32 Å². The van der Waals surface area contributed by atoms with Crippen molar-refractivity contribution in [2.24, 2.45) is 5.92 Å². The van der Waals surface area contributed by atoms with Gasteiger partial charge in [-0.1, -0.05) is 0 Å². The molecule has 2 heterocycles. The van der Waals surface area contributed by atoms with Crippen LogP contribution in [0.25, 0.3) is 0 Å². The first-order valence-corrected chi connectivity index (χ1v) is 7.06. The van der Waals surface area contributed by atoms with Gasteiger partial charge < -0.3 is 15.2 Å². The number of hydrogen-bond donors (Lipinski definition) is 2. The fourth-order valence-corrected chi connectivity index (χ4v) is 3.40. The molecule has 0 aromatic rings. The molecule has 0 bridgehead atoms. The number of aliphatic carboxylic acids is 1. The lowest BCUT2D eigenvalue weighted by atomic mass is 10.1. The molecule has 0 aromatic carbocycles. The van der Waals surface area contributed by atoms with E-state index in [1.807, 2.05) is 11.8 Å². The number of ether oxygens (including phenoxy) is 1. The van der Waals surface area contributed by atoms with E-state index in [-0.39, 0.29) is 5.91 Å². The molecule has 6 heteroatoms. The van der Waals surface area contributed by atoms with Crippen molar-refractivity contribution in [2.45, 2.75) is 31.5 Å². The Morgan fingerprint density at radius 2 is 2.06 bits per heavy atom. The first kappa shape index (κ1) is 12.7. The number of carboxylic acids is 1. The second-order valence-electron chi connectivity index (χ2n) is 4.50. The number of rotatable bonds is 4. The van der Waals surface area contributed by atoms with Crippen molar-refractivity contribution >= 4 is 23.6 Å². The highest BCUT2D eigenvalue weighted by Crippen LogP contribution is 2.23. The third-order valence-electron chi connectivity index (χ3n) is 3.18. The predicted molar refractivity (Wildman–Crippen MR) is 64.0 cm³/mol. The number of nitrogens with one attached hydrogen (secondary N) is 1.